The van der Waals surface area contributed by atoms with Crippen LogP contribution in [-0.2, 0) is 38.1 Å². The highest BCUT2D eigenvalue weighted by Gasteiger charge is 2.29. The molecule has 9 rings (SSSR count). The number of ether oxygens (including phenoxy) is 4. The first kappa shape index (κ1) is 106. The summed E-state index contributed by atoms with van der Waals surface area (Å²) < 4.78 is 19.5. The molecule has 115 heavy (non-hydrogen) atoms. The summed E-state index contributed by atoms with van der Waals surface area (Å²) in [6.45, 7) is 59.6. The van der Waals surface area contributed by atoms with Crippen LogP contribution in [0.2, 0.25) is 0 Å². The van der Waals surface area contributed by atoms with Crippen molar-refractivity contribution >= 4 is 56.2 Å². The molecule has 0 aliphatic heterocycles. The second kappa shape index (κ2) is 59.2. The number of unbranched alkanes of at least 4 members (excludes halogenated alkanes) is 1. The quantitative estimate of drug-likeness (QED) is 0.0223. The van der Waals surface area contributed by atoms with Crippen molar-refractivity contribution in [3.63, 3.8) is 0 Å². The highest BCUT2D eigenvalue weighted by atomic mass is 16.5. The van der Waals surface area contributed by atoms with E-state index in [-0.39, 0.29) is 45.5 Å². The zero-order valence-corrected chi connectivity index (χ0v) is 77.5. The molecule has 0 N–H and O–H groups in total. The number of carbonyl (C=O) groups excluding carboxylic acids is 4. The summed E-state index contributed by atoms with van der Waals surface area (Å²) >= 11 is 0. The number of carbonyl (C=O) groups is 4. The molecule has 7 aromatic carbocycles. The molecule has 2 heterocycles. The fourth-order valence-electron chi connectivity index (χ4n) is 10.6. The third-order valence-corrected chi connectivity index (χ3v) is 22.2. The van der Waals surface area contributed by atoms with E-state index < -0.39 is 0 Å². The summed E-state index contributed by atoms with van der Waals surface area (Å²) in [5.74, 6) is 3.57. The fraction of sp³-hybridized carbons (Fsp3) is 0.524. The van der Waals surface area contributed by atoms with Crippen LogP contribution >= 0.6 is 0 Å². The predicted octanol–water partition coefficient (Wildman–Crippen LogP) is 30.5. The molecule has 2 aromatic heterocycles. The maximum absolute atomic E-state index is 11.3. The van der Waals surface area contributed by atoms with Crippen molar-refractivity contribution in [3.05, 3.63) is 240 Å². The van der Waals surface area contributed by atoms with Gasteiger partial charge in [-0.25, -0.2) is 0 Å². The lowest BCUT2D eigenvalue weighted by Gasteiger charge is -2.19. The highest BCUT2D eigenvalue weighted by molar-refractivity contribution is 6.00. The summed E-state index contributed by atoms with van der Waals surface area (Å²) in [6.07, 6.45) is 19.0. The molecular weight excluding hydrogens is 1420 g/mol. The Labute approximate surface area is 701 Å². The number of aryl methyl sites for hydroxylation is 1. The standard InChI is InChI=1S/C18H18.C14H16.C11H16.C10H20O2.C10H14.2C9H13N.C9H18O2.C8H16O2.C7H14O2/c1-3-13(2)17-10-6-9-16-11-14-7-4-5-8-15(14)12-18(16)17;1-3-11(2)13-10-6-8-12-7-4-5-9-14(12)13;1-4-10(3)11-7-5-9(2)6-8-11;1-5-7-8-12-9(11)10(3,4)6-2;1-3-9(2)10-7-5-4-6-8-10;1-3-8(2)9-4-6-10-7-5-9;1-3-8(2)9-6-4-5-7-10-9;1-5-7-11-8(10)9(3,4)6-2;1-5-8(3,4)7(9)10-6-2;1-5-7(2,3)6(8)9-4/h4-13H,3H2,1-2H3;4-11H,3H2,1-2H3;5-8,10H,4H2,1-3H3;5-8H2,1-4H3;4-9H,3H2,1-2H3;2*4-8H,3H2,1-2H3;5-7H2,1-4H3;5-6H2,1-4H3;5H2,1-4H3. The Hall–Kier alpha value is -8.50. The van der Waals surface area contributed by atoms with Gasteiger partial charge < -0.3 is 18.9 Å². The van der Waals surface area contributed by atoms with Crippen molar-refractivity contribution < 1.29 is 38.1 Å². The number of benzene rings is 7. The minimum Gasteiger partial charge on any atom is -0.469 e. The first-order valence-electron chi connectivity index (χ1n) is 43.5. The second-order valence-electron chi connectivity index (χ2n) is 32.8. The number of pyridine rings is 2. The van der Waals surface area contributed by atoms with Crippen LogP contribution < -0.4 is 0 Å². The highest BCUT2D eigenvalue weighted by Crippen LogP contribution is 2.32. The molecule has 0 saturated heterocycles. The van der Waals surface area contributed by atoms with Gasteiger partial charge in [-0.05, 0) is 278 Å². The van der Waals surface area contributed by atoms with Crippen LogP contribution in [0.15, 0.2) is 201 Å². The second-order valence-corrected chi connectivity index (χ2v) is 32.8. The number of nitrogens with zero attached hydrogens (tertiary/aromatic N) is 2. The minimum absolute atomic E-state index is 0.0709. The van der Waals surface area contributed by atoms with Crippen molar-refractivity contribution in [2.75, 3.05) is 26.9 Å². The van der Waals surface area contributed by atoms with Crippen LogP contribution in [-0.4, -0.2) is 60.8 Å². The zero-order chi connectivity index (χ0) is 87.2. The van der Waals surface area contributed by atoms with E-state index in [1.54, 1.807) is 0 Å². The Morgan fingerprint density at radius 3 is 1.14 bits per heavy atom. The van der Waals surface area contributed by atoms with Crippen molar-refractivity contribution in [2.45, 2.75) is 313 Å². The summed E-state index contributed by atoms with van der Waals surface area (Å²) in [7, 11) is 1.42. The molecule has 0 spiro atoms. The van der Waals surface area contributed by atoms with E-state index in [0.29, 0.717) is 55.3 Å². The Bertz CT molecular complexity index is 3900. The zero-order valence-electron chi connectivity index (χ0n) is 77.5. The smallest absolute Gasteiger partial charge is 0.311 e. The molecule has 0 saturated carbocycles. The topological polar surface area (TPSA) is 131 Å². The van der Waals surface area contributed by atoms with Gasteiger partial charge in [-0.3, -0.25) is 29.1 Å². The van der Waals surface area contributed by atoms with E-state index >= 15 is 0 Å². The van der Waals surface area contributed by atoms with Gasteiger partial charge in [0.25, 0.3) is 0 Å². The van der Waals surface area contributed by atoms with Gasteiger partial charge in [-0.15, -0.1) is 0 Å². The van der Waals surface area contributed by atoms with E-state index in [2.05, 4.69) is 281 Å². The molecular formula is C105H158N2O8. The summed E-state index contributed by atoms with van der Waals surface area (Å²) in [5.41, 5.74) is 8.54. The van der Waals surface area contributed by atoms with E-state index in [1.165, 1.54) is 111 Å². The van der Waals surface area contributed by atoms with Crippen LogP contribution in [0.3, 0.4) is 0 Å². The van der Waals surface area contributed by atoms with E-state index in [4.69, 9.17) is 14.2 Å². The average Bonchev–Trinajstić information content (AvgIpc) is 0.783. The maximum Gasteiger partial charge on any atom is 0.311 e. The Morgan fingerprint density at radius 1 is 0.339 bits per heavy atom. The summed E-state index contributed by atoms with van der Waals surface area (Å²) in [6, 6.07) is 64.8. The van der Waals surface area contributed by atoms with Crippen LogP contribution in [0.4, 0.5) is 0 Å². The summed E-state index contributed by atoms with van der Waals surface area (Å²) in [4.78, 5) is 52.7. The molecule has 0 aliphatic rings. The average molecular weight is 1580 g/mol. The lowest BCUT2D eigenvalue weighted by molar-refractivity contribution is -0.154. The number of aromatic nitrogens is 2. The van der Waals surface area contributed by atoms with Crippen LogP contribution in [0.25, 0.3) is 32.3 Å². The summed E-state index contributed by atoms with van der Waals surface area (Å²) in [5, 5.41) is 8.18. The van der Waals surface area contributed by atoms with Gasteiger partial charge in [-0.2, -0.15) is 0 Å². The Kier molecular flexibility index (Phi) is 54.8. The Balaban J connectivity index is 0.00000127. The van der Waals surface area contributed by atoms with E-state index in [0.717, 1.165) is 51.4 Å². The van der Waals surface area contributed by atoms with Crippen LogP contribution in [0.5, 0.6) is 0 Å². The normalized spacial score (nSPS) is 12.4. The number of esters is 4. The molecule has 0 aliphatic carbocycles. The van der Waals surface area contributed by atoms with Crippen LogP contribution in [0, 0.1) is 28.6 Å². The largest absolute Gasteiger partial charge is 0.469 e. The lowest BCUT2D eigenvalue weighted by atomic mass is 9.91. The Morgan fingerprint density at radius 2 is 0.722 bits per heavy atom. The number of hydrogen-bond donors (Lipinski definition) is 0. The van der Waals surface area contributed by atoms with Gasteiger partial charge in [0.05, 0.1) is 48.6 Å². The number of fused-ring (bicyclic) bond motifs is 3. The van der Waals surface area contributed by atoms with Gasteiger partial charge in [0.1, 0.15) is 0 Å². The van der Waals surface area contributed by atoms with Crippen molar-refractivity contribution in [2.24, 2.45) is 21.7 Å². The van der Waals surface area contributed by atoms with Gasteiger partial charge in [0, 0.05) is 24.3 Å². The SMILES string of the molecule is CCC(C)(C)C(=O)OC.CCC(C)c1ccc(C)cc1.CCC(C)c1cccc2cc3ccccc3cc12.CCC(C)c1cccc2ccccc12.CCC(C)c1ccccc1.CCC(C)c1ccccn1.CCC(C)c1ccncc1.CCCCOC(=O)C(C)(C)CC.CCCOC(=O)C(C)(C)CC.CCOC(=O)C(C)(C)CC. The number of rotatable bonds is 26. The fourth-order valence-corrected chi connectivity index (χ4v) is 10.6. The number of hydrogen-bond acceptors (Lipinski definition) is 10. The third-order valence-electron chi connectivity index (χ3n) is 22.2. The monoisotopic (exact) mass is 1580 g/mol. The van der Waals surface area contributed by atoms with Gasteiger partial charge in [-0.1, -0.05) is 282 Å². The molecule has 0 amide bonds. The van der Waals surface area contributed by atoms with Crippen molar-refractivity contribution in [3.8, 4) is 0 Å². The molecule has 0 radical (unpaired) electrons. The van der Waals surface area contributed by atoms with Crippen molar-refractivity contribution in [1.29, 1.82) is 0 Å². The third kappa shape index (κ3) is 41.3. The molecule has 636 valence electrons. The minimum atomic E-state index is -0.312. The first-order chi connectivity index (χ1) is 54.5. The lowest BCUT2D eigenvalue weighted by Crippen LogP contribution is -2.26. The van der Waals surface area contributed by atoms with Gasteiger partial charge in [0.2, 0.25) is 0 Å². The maximum atomic E-state index is 11.3. The molecule has 0 bridgehead atoms. The molecule has 6 atom stereocenters. The van der Waals surface area contributed by atoms with Gasteiger partial charge in [0.15, 0.2) is 0 Å². The van der Waals surface area contributed by atoms with E-state index in [9.17, 15) is 19.2 Å². The van der Waals surface area contributed by atoms with Crippen molar-refractivity contribution in [1.82, 2.24) is 9.97 Å². The molecule has 0 fully saturated rings. The molecule has 10 nitrogen and oxygen atoms in total. The molecule has 10 heteroatoms. The van der Waals surface area contributed by atoms with Gasteiger partial charge >= 0.3 is 23.9 Å². The molecule has 6 unspecified atom stereocenters. The predicted molar refractivity (Wildman–Crippen MR) is 496 cm³/mol. The number of methoxy groups -OCH3 is 1. The molecule has 9 aromatic rings. The first-order valence-corrected chi connectivity index (χ1v) is 43.5. The van der Waals surface area contributed by atoms with E-state index in [1.807, 2.05) is 128 Å². The van der Waals surface area contributed by atoms with Crippen LogP contribution in [0.1, 0.15) is 345 Å².